The fourth-order valence-electron chi connectivity index (χ4n) is 2.12. The Labute approximate surface area is 144 Å². The summed E-state index contributed by atoms with van der Waals surface area (Å²) in [5.41, 5.74) is 6.40. The normalized spacial score (nSPS) is 12.1. The van der Waals surface area contributed by atoms with Gasteiger partial charge in [-0.05, 0) is 29.3 Å². The zero-order valence-electron chi connectivity index (χ0n) is 11.8. The van der Waals surface area contributed by atoms with Crippen LogP contribution in [0.5, 0.6) is 0 Å². The number of pyridine rings is 1. The zero-order valence-corrected chi connectivity index (χ0v) is 14.1. The van der Waals surface area contributed by atoms with Crippen LogP contribution in [0, 0.1) is 5.41 Å². The van der Waals surface area contributed by atoms with E-state index >= 15 is 0 Å². The topological polar surface area (TPSA) is 109 Å². The molecule has 1 atom stereocenters. The molecule has 2 rings (SSSR count). The minimum atomic E-state index is -2.01. The second-order valence-corrected chi connectivity index (χ2v) is 6.60. The van der Waals surface area contributed by atoms with Gasteiger partial charge in [-0.15, -0.1) is 0 Å². The fourth-order valence-corrected chi connectivity index (χ4v) is 3.09. The van der Waals surface area contributed by atoms with E-state index in [-0.39, 0.29) is 28.4 Å². The van der Waals surface area contributed by atoms with Crippen LogP contribution in [-0.2, 0) is 23.4 Å². The third-order valence-corrected chi connectivity index (χ3v) is 4.16. The minimum absolute atomic E-state index is 0.00758. The lowest BCUT2D eigenvalue weighted by molar-refractivity contribution is 0.0997. The van der Waals surface area contributed by atoms with Gasteiger partial charge in [-0.3, -0.25) is 10.2 Å². The van der Waals surface area contributed by atoms with E-state index in [1.54, 1.807) is 18.2 Å². The average molecular weight is 374 g/mol. The van der Waals surface area contributed by atoms with Gasteiger partial charge in [0.25, 0.3) is 5.91 Å². The highest BCUT2D eigenvalue weighted by atomic mass is 35.5. The van der Waals surface area contributed by atoms with Crippen molar-refractivity contribution in [1.82, 2.24) is 4.57 Å². The van der Waals surface area contributed by atoms with E-state index in [0.29, 0.717) is 16.1 Å². The molecule has 0 bridgehead atoms. The van der Waals surface area contributed by atoms with E-state index in [2.05, 4.69) is 0 Å². The highest BCUT2D eigenvalue weighted by molar-refractivity contribution is 7.78. The molecule has 1 heterocycles. The van der Waals surface area contributed by atoms with Crippen molar-refractivity contribution in [2.24, 2.45) is 5.73 Å². The quantitative estimate of drug-likeness (QED) is 0.698. The van der Waals surface area contributed by atoms with Gasteiger partial charge in [0.15, 0.2) is 11.1 Å². The Bertz CT molecular complexity index is 852. The molecule has 2 aromatic rings. The lowest BCUT2D eigenvalue weighted by Gasteiger charge is -2.13. The molecular formula is C14H13Cl2N3O3S. The molecule has 122 valence electrons. The number of nitrogens with one attached hydrogen (secondary N) is 1. The monoisotopic (exact) mass is 373 g/mol. The number of nitrogens with zero attached hydrogens (tertiary/aromatic N) is 1. The van der Waals surface area contributed by atoms with E-state index < -0.39 is 17.0 Å². The molecule has 0 aliphatic rings. The van der Waals surface area contributed by atoms with Crippen molar-refractivity contribution in [3.05, 3.63) is 62.7 Å². The Balaban J connectivity index is 2.51. The molecule has 1 amide bonds. The van der Waals surface area contributed by atoms with E-state index in [9.17, 15) is 9.00 Å². The molecule has 0 saturated carbocycles. The molecule has 0 spiro atoms. The lowest BCUT2D eigenvalue weighted by atomic mass is 10.1. The summed E-state index contributed by atoms with van der Waals surface area (Å²) in [4.78, 5) is 11.4. The first kappa shape index (κ1) is 17.7. The molecule has 9 heteroatoms. The first-order valence-electron chi connectivity index (χ1n) is 6.37. The summed E-state index contributed by atoms with van der Waals surface area (Å²) in [6, 6.07) is 6.23. The van der Waals surface area contributed by atoms with E-state index in [1.807, 2.05) is 0 Å². The maximum absolute atomic E-state index is 11.4. The van der Waals surface area contributed by atoms with Gasteiger partial charge in [-0.1, -0.05) is 29.3 Å². The number of aromatic nitrogens is 1. The number of primary amides is 1. The van der Waals surface area contributed by atoms with Crippen LogP contribution >= 0.6 is 23.2 Å². The van der Waals surface area contributed by atoms with E-state index in [4.69, 9.17) is 38.9 Å². The van der Waals surface area contributed by atoms with Crippen molar-refractivity contribution in [1.29, 1.82) is 5.41 Å². The Kier molecular flexibility index (Phi) is 5.59. The molecule has 1 aromatic carbocycles. The molecule has 1 unspecified atom stereocenters. The summed E-state index contributed by atoms with van der Waals surface area (Å²) in [5, 5.41) is 8.76. The number of hydrogen-bond acceptors (Lipinski definition) is 3. The van der Waals surface area contributed by atoms with E-state index in [0.717, 1.165) is 0 Å². The van der Waals surface area contributed by atoms with Gasteiger partial charge in [0.05, 0.1) is 16.3 Å². The Morgan fingerprint density at radius 2 is 1.96 bits per heavy atom. The van der Waals surface area contributed by atoms with Crippen LogP contribution in [0.25, 0.3) is 0 Å². The molecule has 0 fully saturated rings. The first-order chi connectivity index (χ1) is 10.8. The highest BCUT2D eigenvalue weighted by Crippen LogP contribution is 2.19. The van der Waals surface area contributed by atoms with Crippen molar-refractivity contribution in [3.8, 4) is 0 Å². The molecule has 0 aliphatic carbocycles. The van der Waals surface area contributed by atoms with Crippen LogP contribution in [0.4, 0.5) is 0 Å². The third kappa shape index (κ3) is 4.42. The number of benzene rings is 1. The number of carbonyl (C=O) groups excluding carboxylic acids is 1. The van der Waals surface area contributed by atoms with Crippen molar-refractivity contribution in [2.75, 3.05) is 0 Å². The molecule has 0 aliphatic heterocycles. The molecule has 1 aromatic heterocycles. The SMILES string of the molecule is N=c1c(C(N)=O)cc(Cl)cn1Cc1cc(Cl)ccc1CS(=O)O. The van der Waals surface area contributed by atoms with Gasteiger partial charge in [0.1, 0.15) is 5.49 Å². The molecular weight excluding hydrogens is 361 g/mol. The maximum Gasteiger partial charge on any atom is 0.252 e. The minimum Gasteiger partial charge on any atom is -0.365 e. The highest BCUT2D eigenvalue weighted by Gasteiger charge is 2.11. The van der Waals surface area contributed by atoms with Crippen LogP contribution in [0.15, 0.2) is 30.5 Å². The molecule has 23 heavy (non-hydrogen) atoms. The Hall–Kier alpha value is -1.67. The van der Waals surface area contributed by atoms with Crippen molar-refractivity contribution in [3.63, 3.8) is 0 Å². The summed E-state index contributed by atoms with van der Waals surface area (Å²) >= 11 is 9.93. The summed E-state index contributed by atoms with van der Waals surface area (Å²) in [6.07, 6.45) is 1.48. The number of amides is 1. The van der Waals surface area contributed by atoms with Crippen LogP contribution in [0.3, 0.4) is 0 Å². The Morgan fingerprint density at radius 3 is 2.57 bits per heavy atom. The standard InChI is InChI=1S/C14H13Cl2N3O3S/c15-10-2-1-8(7-23(21)22)9(3-10)5-19-6-11(16)4-12(13(19)17)14(18)20/h1-4,6,17H,5,7H2,(H2,18,20)(H,21,22). The maximum atomic E-state index is 11.4. The lowest BCUT2D eigenvalue weighted by Crippen LogP contribution is -2.30. The van der Waals surface area contributed by atoms with Crippen LogP contribution < -0.4 is 11.2 Å². The van der Waals surface area contributed by atoms with Gasteiger partial charge in [0, 0.05) is 17.8 Å². The average Bonchev–Trinajstić information content (AvgIpc) is 2.44. The smallest absolute Gasteiger partial charge is 0.252 e. The second-order valence-electron chi connectivity index (χ2n) is 4.79. The fraction of sp³-hybridized carbons (Fsp3) is 0.143. The number of hydrogen-bond donors (Lipinski definition) is 3. The van der Waals surface area contributed by atoms with Gasteiger partial charge in [-0.25, -0.2) is 4.21 Å². The van der Waals surface area contributed by atoms with Crippen molar-refractivity contribution < 1.29 is 13.6 Å². The molecule has 0 radical (unpaired) electrons. The summed E-state index contributed by atoms with van der Waals surface area (Å²) in [6.45, 7) is 0.159. The van der Waals surface area contributed by atoms with Crippen molar-refractivity contribution >= 4 is 40.2 Å². The van der Waals surface area contributed by atoms with E-state index in [1.165, 1.54) is 16.8 Å². The van der Waals surface area contributed by atoms with Crippen LogP contribution in [0.1, 0.15) is 21.5 Å². The molecule has 0 saturated heterocycles. The third-order valence-electron chi connectivity index (χ3n) is 3.16. The number of halogens is 2. The van der Waals surface area contributed by atoms with Crippen molar-refractivity contribution in [2.45, 2.75) is 12.3 Å². The van der Waals surface area contributed by atoms with Crippen LogP contribution in [0.2, 0.25) is 10.0 Å². The second kappa shape index (κ2) is 7.27. The predicted molar refractivity (Wildman–Crippen MR) is 88.8 cm³/mol. The first-order valence-corrected chi connectivity index (χ1v) is 8.40. The molecule has 6 nitrogen and oxygen atoms in total. The summed E-state index contributed by atoms with van der Waals surface area (Å²) in [7, 11) is 0. The van der Waals surface area contributed by atoms with Gasteiger partial charge in [-0.2, -0.15) is 0 Å². The van der Waals surface area contributed by atoms with Crippen LogP contribution in [-0.4, -0.2) is 19.2 Å². The summed E-state index contributed by atoms with van der Waals surface area (Å²) < 4.78 is 21.6. The largest absolute Gasteiger partial charge is 0.365 e. The predicted octanol–water partition coefficient (Wildman–Crippen LogP) is 2.14. The van der Waals surface area contributed by atoms with Gasteiger partial charge >= 0.3 is 0 Å². The number of rotatable bonds is 5. The molecule has 4 N–H and O–H groups in total. The summed E-state index contributed by atoms with van der Waals surface area (Å²) in [5.74, 6) is -0.821. The number of nitrogens with two attached hydrogens (primary N) is 1. The number of carbonyl (C=O) groups is 1. The van der Waals surface area contributed by atoms with Gasteiger partial charge in [0.2, 0.25) is 0 Å². The Morgan fingerprint density at radius 1 is 1.26 bits per heavy atom. The zero-order chi connectivity index (χ0) is 17.1. The van der Waals surface area contributed by atoms with Gasteiger partial charge < -0.3 is 14.9 Å².